The highest BCUT2D eigenvalue weighted by Gasteiger charge is 1.83. The van der Waals surface area contributed by atoms with Gasteiger partial charge in [-0.15, -0.1) is 0 Å². The van der Waals surface area contributed by atoms with Crippen LogP contribution in [-0.2, 0) is 18.0 Å². The average Bonchev–Trinajstić information content (AvgIpc) is 2.03. The van der Waals surface area contributed by atoms with E-state index in [2.05, 4.69) is 4.36 Å². The molecule has 0 aliphatic heterocycles. The quantitative estimate of drug-likeness (QED) is 0.627. The predicted molar refractivity (Wildman–Crippen MR) is 43.5 cm³/mol. The van der Waals surface area contributed by atoms with Crippen LogP contribution < -0.4 is 0 Å². The molecule has 0 saturated heterocycles. The predicted octanol–water partition coefficient (Wildman–Crippen LogP) is 1.05. The Kier molecular flexibility index (Phi) is 2.96. The van der Waals surface area contributed by atoms with Gasteiger partial charge in [0.05, 0.1) is 6.54 Å². The first-order valence-corrected chi connectivity index (χ1v) is 3.86. The lowest BCUT2D eigenvalue weighted by Crippen LogP contribution is -1.76. The third-order valence-electron chi connectivity index (χ3n) is 1.17. The zero-order valence-corrected chi connectivity index (χ0v) is 6.45. The van der Waals surface area contributed by atoms with E-state index in [4.69, 9.17) is 0 Å². The molecular formula is C7H9NOS. The molecule has 0 radical (unpaired) electrons. The molecule has 1 aromatic carbocycles. The summed E-state index contributed by atoms with van der Waals surface area (Å²) in [5.41, 5.74) is 1.10. The van der Waals surface area contributed by atoms with Crippen LogP contribution in [0.2, 0.25) is 0 Å². The second-order valence-corrected chi connectivity index (χ2v) is 2.39. The fraction of sp³-hybridized carbons (Fsp3) is 0.143. The van der Waals surface area contributed by atoms with E-state index in [-0.39, 0.29) is 0 Å². The summed E-state index contributed by atoms with van der Waals surface area (Å²) in [7, 11) is 0. The average molecular weight is 155 g/mol. The van der Waals surface area contributed by atoms with Crippen LogP contribution >= 0.6 is 0 Å². The van der Waals surface area contributed by atoms with E-state index >= 15 is 0 Å². The largest absolute Gasteiger partial charge is 0.256 e. The van der Waals surface area contributed by atoms with Crippen LogP contribution in [-0.4, -0.2) is 4.21 Å². The molecule has 0 spiro atoms. The molecule has 3 heteroatoms. The minimum Gasteiger partial charge on any atom is -0.256 e. The van der Waals surface area contributed by atoms with Crippen molar-refractivity contribution in [2.75, 3.05) is 0 Å². The molecule has 0 heterocycles. The lowest BCUT2D eigenvalue weighted by Gasteiger charge is -1.90. The van der Waals surface area contributed by atoms with Crippen LogP contribution in [0.3, 0.4) is 0 Å². The van der Waals surface area contributed by atoms with Crippen LogP contribution in [0.4, 0.5) is 0 Å². The van der Waals surface area contributed by atoms with Gasteiger partial charge in [0, 0.05) is 11.5 Å². The van der Waals surface area contributed by atoms with E-state index in [0.29, 0.717) is 6.54 Å². The highest BCUT2D eigenvalue weighted by molar-refractivity contribution is 7.54. The van der Waals surface area contributed by atoms with E-state index in [1.807, 2.05) is 30.3 Å². The van der Waals surface area contributed by atoms with Crippen LogP contribution in [0.5, 0.6) is 0 Å². The molecule has 0 amide bonds. The SMILES string of the molecule is O=[SH2]=NCc1ccccc1. The van der Waals surface area contributed by atoms with Gasteiger partial charge < -0.3 is 0 Å². The van der Waals surface area contributed by atoms with Crippen molar-refractivity contribution >= 4 is 11.5 Å². The van der Waals surface area contributed by atoms with Gasteiger partial charge in [-0.25, -0.2) is 4.36 Å². The Morgan fingerprint density at radius 3 is 2.60 bits per heavy atom. The third kappa shape index (κ3) is 2.19. The fourth-order valence-electron chi connectivity index (χ4n) is 0.707. The molecule has 0 aliphatic carbocycles. The second-order valence-electron chi connectivity index (χ2n) is 1.89. The Balaban J connectivity index is 2.67. The topological polar surface area (TPSA) is 29.4 Å². The molecule has 0 aliphatic rings. The molecule has 1 rings (SSSR count). The number of hydrogen-bond acceptors (Lipinski definition) is 2. The Morgan fingerprint density at radius 2 is 2.00 bits per heavy atom. The maximum atomic E-state index is 9.96. The Morgan fingerprint density at radius 1 is 1.30 bits per heavy atom. The molecule has 0 saturated carbocycles. The van der Waals surface area contributed by atoms with Gasteiger partial charge in [0.2, 0.25) is 0 Å². The van der Waals surface area contributed by atoms with Gasteiger partial charge >= 0.3 is 0 Å². The second kappa shape index (κ2) is 4.06. The molecule has 2 nitrogen and oxygen atoms in total. The molecular weight excluding hydrogens is 146 g/mol. The zero-order chi connectivity index (χ0) is 7.23. The van der Waals surface area contributed by atoms with Gasteiger partial charge in [0.1, 0.15) is 0 Å². The third-order valence-corrected chi connectivity index (χ3v) is 1.46. The Hall–Kier alpha value is -0.830. The summed E-state index contributed by atoms with van der Waals surface area (Å²) in [4.78, 5) is 0. The molecule has 0 fully saturated rings. The zero-order valence-electron chi connectivity index (χ0n) is 5.45. The van der Waals surface area contributed by atoms with E-state index in [1.54, 1.807) is 0 Å². The van der Waals surface area contributed by atoms with Crippen molar-refractivity contribution in [2.24, 2.45) is 4.36 Å². The van der Waals surface area contributed by atoms with Crippen molar-refractivity contribution in [3.63, 3.8) is 0 Å². The first kappa shape index (κ1) is 7.28. The van der Waals surface area contributed by atoms with Gasteiger partial charge in [-0.2, -0.15) is 0 Å². The van der Waals surface area contributed by atoms with Crippen LogP contribution in [0.15, 0.2) is 34.7 Å². The normalized spacial score (nSPS) is 10.4. The summed E-state index contributed by atoms with van der Waals surface area (Å²) < 4.78 is 13.7. The van der Waals surface area contributed by atoms with Crippen molar-refractivity contribution in [3.8, 4) is 0 Å². The van der Waals surface area contributed by atoms with Crippen molar-refractivity contribution in [1.82, 2.24) is 0 Å². The summed E-state index contributed by atoms with van der Waals surface area (Å²) in [5, 5.41) is 0. The van der Waals surface area contributed by atoms with Gasteiger partial charge in [0.25, 0.3) is 0 Å². The lowest BCUT2D eigenvalue weighted by molar-refractivity contribution is 0.696. The molecule has 1 aromatic rings. The molecule has 54 valence electrons. The van der Waals surface area contributed by atoms with Crippen molar-refractivity contribution in [2.45, 2.75) is 6.54 Å². The maximum absolute atomic E-state index is 9.96. The Labute approximate surface area is 63.1 Å². The van der Waals surface area contributed by atoms with E-state index in [1.165, 1.54) is 0 Å². The van der Waals surface area contributed by atoms with Crippen molar-refractivity contribution in [3.05, 3.63) is 35.9 Å². The number of benzene rings is 1. The van der Waals surface area contributed by atoms with Crippen LogP contribution in [0, 0.1) is 0 Å². The van der Waals surface area contributed by atoms with Crippen molar-refractivity contribution < 1.29 is 4.21 Å². The van der Waals surface area contributed by atoms with Crippen LogP contribution in [0.25, 0.3) is 0 Å². The number of rotatable bonds is 2. The first-order chi connectivity index (χ1) is 4.93. The van der Waals surface area contributed by atoms with Gasteiger partial charge in [-0.1, -0.05) is 30.3 Å². The summed E-state index contributed by atoms with van der Waals surface area (Å²) in [6.45, 7) is 0.558. The summed E-state index contributed by atoms with van der Waals surface area (Å²) >= 11 is -0.542. The summed E-state index contributed by atoms with van der Waals surface area (Å²) in [6.07, 6.45) is 0. The van der Waals surface area contributed by atoms with E-state index < -0.39 is 11.5 Å². The number of hydrogen-bond donors (Lipinski definition) is 0. The highest BCUT2D eigenvalue weighted by Crippen LogP contribution is 1.98. The smallest absolute Gasteiger partial charge is 0.0729 e. The monoisotopic (exact) mass is 155 g/mol. The molecule has 0 aromatic heterocycles. The van der Waals surface area contributed by atoms with Gasteiger partial charge in [-0.3, -0.25) is 4.21 Å². The maximum Gasteiger partial charge on any atom is 0.0729 e. The highest BCUT2D eigenvalue weighted by atomic mass is 32.1. The first-order valence-electron chi connectivity index (χ1n) is 3.01. The molecule has 0 atom stereocenters. The van der Waals surface area contributed by atoms with E-state index in [0.717, 1.165) is 5.56 Å². The number of nitrogens with zero attached hydrogens (tertiary/aromatic N) is 1. The van der Waals surface area contributed by atoms with E-state index in [9.17, 15) is 4.21 Å². The van der Waals surface area contributed by atoms with Gasteiger partial charge in [0.15, 0.2) is 0 Å². The lowest BCUT2D eigenvalue weighted by atomic mass is 10.2. The fourth-order valence-corrected chi connectivity index (χ4v) is 0.954. The molecule has 10 heavy (non-hydrogen) atoms. The van der Waals surface area contributed by atoms with Gasteiger partial charge in [-0.05, 0) is 5.56 Å². The molecule has 0 bridgehead atoms. The minimum absolute atomic E-state index is 0.542. The standard InChI is InChI=1S/C7H9NOS/c9-10-8-6-7-4-2-1-3-5-7/h1-5H,6,10H2. The molecule has 0 unspecified atom stereocenters. The molecule has 0 N–H and O–H groups in total. The van der Waals surface area contributed by atoms with Crippen molar-refractivity contribution in [1.29, 1.82) is 0 Å². The Bertz CT molecular complexity index is 241. The summed E-state index contributed by atoms with van der Waals surface area (Å²) in [5.74, 6) is 0. The summed E-state index contributed by atoms with van der Waals surface area (Å²) in [6, 6.07) is 9.76. The van der Waals surface area contributed by atoms with Crippen LogP contribution in [0.1, 0.15) is 5.56 Å². The minimum atomic E-state index is -0.542.